The lowest BCUT2D eigenvalue weighted by atomic mass is 10.9. The molecule has 0 saturated carbocycles. The van der Waals surface area contributed by atoms with Crippen LogP contribution in [-0.4, -0.2) is 69.2 Å². The van der Waals surface area contributed by atoms with E-state index in [-0.39, 0.29) is 0 Å². The van der Waals surface area contributed by atoms with Crippen LogP contribution in [0.25, 0.3) is 0 Å². The van der Waals surface area contributed by atoms with Crippen molar-refractivity contribution in [3.8, 4) is 0 Å². The van der Waals surface area contributed by atoms with Gasteiger partial charge in [0.05, 0.1) is 0 Å². The fraction of sp³-hybridized carbons (Fsp3) is 1.00. The van der Waals surface area contributed by atoms with E-state index < -0.39 is 26.9 Å². The van der Waals surface area contributed by atoms with Gasteiger partial charge in [0.2, 0.25) is 0 Å². The predicted molar refractivity (Wildman–Crippen MR) is 90.3 cm³/mol. The summed E-state index contributed by atoms with van der Waals surface area (Å²) in [5.41, 5.74) is 0. The molecule has 0 aliphatic heterocycles. The Balaban J connectivity index is 0. The Bertz CT molecular complexity index is 173. The van der Waals surface area contributed by atoms with Gasteiger partial charge in [-0.1, -0.05) is 0 Å². The van der Waals surface area contributed by atoms with Crippen molar-refractivity contribution in [1.82, 2.24) is 0 Å². The van der Waals surface area contributed by atoms with Gasteiger partial charge in [-0.3, -0.25) is 0 Å². The first-order valence-corrected chi connectivity index (χ1v) is 14.9. The minimum absolute atomic E-state index is 0.588. The molecule has 0 aromatic heterocycles. The van der Waals surface area contributed by atoms with Crippen LogP contribution in [0.4, 0.5) is 0 Å². The number of hydrogen-bond donors (Lipinski definition) is 0. The molecule has 0 radical (unpaired) electrons. The van der Waals surface area contributed by atoms with E-state index in [0.29, 0.717) is 0 Å². The minimum atomic E-state index is -2.33. The van der Waals surface area contributed by atoms with Crippen LogP contribution in [0.3, 0.4) is 0 Å². The summed E-state index contributed by atoms with van der Waals surface area (Å²) < 4.78 is 26.4. The fourth-order valence-electron chi connectivity index (χ4n) is 1.05. The third-order valence-corrected chi connectivity index (χ3v) is 14.1. The summed E-state index contributed by atoms with van der Waals surface area (Å²) in [6, 6.07) is 1.93. The van der Waals surface area contributed by atoms with Crippen LogP contribution in [0.5, 0.6) is 0 Å². The molecule has 0 saturated heterocycles. The third-order valence-electron chi connectivity index (χ3n) is 2.66. The summed E-state index contributed by atoms with van der Waals surface area (Å²) in [4.78, 5) is 0. The van der Waals surface area contributed by atoms with Crippen molar-refractivity contribution >= 4 is 47.9 Å². The Morgan fingerprint density at radius 1 is 0.889 bits per heavy atom. The van der Waals surface area contributed by atoms with Gasteiger partial charge in [0, 0.05) is 27.4 Å². The van der Waals surface area contributed by atoms with Crippen molar-refractivity contribution in [1.29, 1.82) is 0 Å². The second-order valence-corrected chi connectivity index (χ2v) is 15.3. The average Bonchev–Trinajstić information content (AvgIpc) is 2.41. The molecule has 1 unspecified atom stereocenters. The van der Waals surface area contributed by atoms with E-state index in [1.807, 2.05) is 0 Å². The summed E-state index contributed by atoms with van der Waals surface area (Å²) in [5, 5.41) is 0. The second-order valence-electron chi connectivity index (χ2n) is 4.16. The Labute approximate surface area is 122 Å². The zero-order chi connectivity index (χ0) is 14.6. The molecule has 0 amide bonds. The highest BCUT2D eigenvalue weighted by atomic mass is 28.4. The minimum Gasteiger partial charge on any atom is -0.466 e. The van der Waals surface area contributed by atoms with E-state index in [1.165, 1.54) is 0 Å². The molecule has 0 aromatic carbocycles. The SMILES string of the molecule is CO[Si](CC[SiH](C)O[SiH3])(OC)OC.C[SiH](C)O[SiH3]. The van der Waals surface area contributed by atoms with E-state index >= 15 is 0 Å². The predicted octanol–water partition coefficient (Wildman–Crippen LogP) is -1.22. The molecular formula is C8H30O5Si5. The first-order chi connectivity index (χ1) is 8.41. The molecule has 0 aliphatic carbocycles. The van der Waals surface area contributed by atoms with Crippen LogP contribution in [-0.2, 0) is 21.5 Å². The summed E-state index contributed by atoms with van der Waals surface area (Å²) in [6.45, 7) is 6.53. The molecule has 1 atom stereocenters. The largest absolute Gasteiger partial charge is 0.499 e. The van der Waals surface area contributed by atoms with E-state index in [1.54, 1.807) is 21.3 Å². The molecule has 0 aromatic rings. The maximum atomic E-state index is 5.41. The molecule has 0 bridgehead atoms. The first-order valence-electron chi connectivity index (χ1n) is 6.12. The Morgan fingerprint density at radius 3 is 1.50 bits per heavy atom. The van der Waals surface area contributed by atoms with Gasteiger partial charge < -0.3 is 21.5 Å². The monoisotopic (exact) mass is 346 g/mol. The van der Waals surface area contributed by atoms with E-state index in [2.05, 4.69) is 19.6 Å². The normalized spacial score (nSPS) is 13.5. The van der Waals surface area contributed by atoms with Gasteiger partial charge in [-0.2, -0.15) is 0 Å². The maximum absolute atomic E-state index is 5.41. The van der Waals surface area contributed by atoms with Crippen molar-refractivity contribution in [2.45, 2.75) is 31.7 Å². The Morgan fingerprint density at radius 2 is 1.28 bits per heavy atom. The van der Waals surface area contributed by atoms with Crippen LogP contribution in [0.2, 0.25) is 31.7 Å². The highest BCUT2D eigenvalue weighted by molar-refractivity contribution is 6.63. The molecule has 5 nitrogen and oxygen atoms in total. The number of rotatable bonds is 8. The highest BCUT2D eigenvalue weighted by Crippen LogP contribution is 2.16. The molecule has 10 heteroatoms. The standard InChI is InChI=1S/C6H20O4Si3.C2H10OSi2/c1-7-13(8-2,9-3)6-5-12(4)10-11;1-5(2)3-4/h12H,5-6H2,1-4,11H3;5H,1-2,4H3. The van der Waals surface area contributed by atoms with Gasteiger partial charge in [-0.25, -0.2) is 0 Å². The first kappa shape index (κ1) is 21.2. The van der Waals surface area contributed by atoms with Gasteiger partial charge in [0.1, 0.15) is 21.0 Å². The Hall–Kier alpha value is 0.884. The van der Waals surface area contributed by atoms with Gasteiger partial charge >= 0.3 is 8.80 Å². The maximum Gasteiger partial charge on any atom is 0.499 e. The quantitative estimate of drug-likeness (QED) is 0.516. The molecule has 18 heavy (non-hydrogen) atoms. The van der Waals surface area contributed by atoms with Gasteiger partial charge in [0.15, 0.2) is 18.1 Å². The summed E-state index contributed by atoms with van der Waals surface area (Å²) in [7, 11) is 2.83. The van der Waals surface area contributed by atoms with Gasteiger partial charge in [-0.05, 0) is 25.7 Å². The van der Waals surface area contributed by atoms with Crippen molar-refractivity contribution in [2.75, 3.05) is 21.3 Å². The summed E-state index contributed by atoms with van der Waals surface area (Å²) in [5.74, 6) is 0. The zero-order valence-electron chi connectivity index (χ0n) is 13.1. The van der Waals surface area contributed by atoms with Crippen molar-refractivity contribution < 1.29 is 21.5 Å². The molecule has 0 fully saturated rings. The lowest BCUT2D eigenvalue weighted by Gasteiger charge is -2.25. The fourth-order valence-corrected chi connectivity index (χ4v) is 6.15. The lowest BCUT2D eigenvalue weighted by Crippen LogP contribution is -2.43. The van der Waals surface area contributed by atoms with Crippen LogP contribution in [0.15, 0.2) is 0 Å². The lowest BCUT2D eigenvalue weighted by molar-refractivity contribution is 0.125. The van der Waals surface area contributed by atoms with Gasteiger partial charge in [0.25, 0.3) is 0 Å². The third kappa shape index (κ3) is 10.8. The van der Waals surface area contributed by atoms with Crippen LogP contribution < -0.4 is 0 Å². The second kappa shape index (κ2) is 12.9. The summed E-state index contributed by atoms with van der Waals surface area (Å²) >= 11 is 0. The zero-order valence-corrected chi connectivity index (χ0v) is 20.4. The van der Waals surface area contributed by atoms with Crippen molar-refractivity contribution in [3.63, 3.8) is 0 Å². The molecule has 0 rings (SSSR count). The molecule has 0 heterocycles. The van der Waals surface area contributed by atoms with Gasteiger partial charge in [-0.15, -0.1) is 0 Å². The van der Waals surface area contributed by atoms with E-state index in [4.69, 9.17) is 21.5 Å². The molecular weight excluding hydrogens is 317 g/mol. The molecule has 0 aliphatic rings. The topological polar surface area (TPSA) is 46.2 Å². The van der Waals surface area contributed by atoms with Crippen LogP contribution in [0, 0.1) is 0 Å². The van der Waals surface area contributed by atoms with E-state index in [0.717, 1.165) is 33.1 Å². The van der Waals surface area contributed by atoms with Crippen molar-refractivity contribution in [2.24, 2.45) is 0 Å². The smallest absolute Gasteiger partial charge is 0.466 e. The number of hydrogen-bond acceptors (Lipinski definition) is 5. The highest BCUT2D eigenvalue weighted by Gasteiger charge is 2.37. The summed E-state index contributed by atoms with van der Waals surface area (Å²) in [6.07, 6.45) is 0. The molecule has 0 spiro atoms. The Kier molecular flexibility index (Phi) is 15.2. The van der Waals surface area contributed by atoms with E-state index in [9.17, 15) is 0 Å². The van der Waals surface area contributed by atoms with Crippen LogP contribution >= 0.6 is 0 Å². The molecule has 0 N–H and O–H groups in total. The average molecular weight is 347 g/mol. The van der Waals surface area contributed by atoms with Crippen LogP contribution in [0.1, 0.15) is 0 Å². The molecule has 112 valence electrons. The van der Waals surface area contributed by atoms with Crippen molar-refractivity contribution in [3.05, 3.63) is 0 Å².